The van der Waals surface area contributed by atoms with E-state index in [1.54, 1.807) is 0 Å². The maximum atomic E-state index is 10.8. The summed E-state index contributed by atoms with van der Waals surface area (Å²) in [6, 6.07) is 0. The zero-order valence-corrected chi connectivity index (χ0v) is 11.0. The lowest BCUT2D eigenvalue weighted by atomic mass is 9.95. The largest absolute Gasteiger partial charge is 0.644 e. The van der Waals surface area contributed by atoms with Crippen molar-refractivity contribution in [3.05, 3.63) is 12.3 Å². The van der Waals surface area contributed by atoms with Crippen LogP contribution in [-0.4, -0.2) is 26.6 Å². The minimum absolute atomic E-state index is 0.0278. The lowest BCUT2D eigenvalue weighted by molar-refractivity contribution is 0.499. The predicted molar refractivity (Wildman–Crippen MR) is 56.5 cm³/mol. The second-order valence-corrected chi connectivity index (χ2v) is 3.90. The monoisotopic (exact) mass is 246 g/mol. The molecule has 14 heavy (non-hydrogen) atoms. The smallest absolute Gasteiger partial charge is 0.287 e. The van der Waals surface area contributed by atoms with Gasteiger partial charge in [-0.25, -0.2) is 12.3 Å². The second kappa shape index (κ2) is 12.4. The van der Waals surface area contributed by atoms with Gasteiger partial charge in [-0.2, -0.15) is 0 Å². The van der Waals surface area contributed by atoms with E-state index in [4.69, 9.17) is 0 Å². The number of halogens is 5. The third-order valence-corrected chi connectivity index (χ3v) is 1.00. The molecule has 8 heteroatoms. The summed E-state index contributed by atoms with van der Waals surface area (Å²) < 4.78 is 53.9. The van der Waals surface area contributed by atoms with Crippen molar-refractivity contribution in [2.24, 2.45) is 0 Å². The van der Waals surface area contributed by atoms with Gasteiger partial charge in [0.25, 0.3) is 0 Å². The van der Waals surface area contributed by atoms with Crippen LogP contribution >= 0.6 is 0 Å². The molecule has 0 unspecified atom stereocenters. The molecule has 0 radical (unpaired) electrons. The molecule has 0 aromatic carbocycles. The van der Waals surface area contributed by atoms with Gasteiger partial charge in [0.2, 0.25) is 0 Å². The van der Waals surface area contributed by atoms with Crippen LogP contribution in [-0.2, 0) is 0 Å². The number of rotatable bonds is 2. The average molecular weight is 246 g/mol. The summed E-state index contributed by atoms with van der Waals surface area (Å²) in [6.07, 6.45) is 4.63. The third kappa shape index (κ3) is 63.2. The van der Waals surface area contributed by atoms with Crippen molar-refractivity contribution in [1.29, 1.82) is 0 Å². The first-order valence-corrected chi connectivity index (χ1v) is 6.32. The Bertz CT molecular complexity index is 163. The minimum atomic E-state index is -5.37. The molecule has 0 saturated heterocycles. The van der Waals surface area contributed by atoms with Crippen LogP contribution < -0.4 is 0 Å². The van der Waals surface area contributed by atoms with E-state index in [-0.39, 0.29) is 12.0 Å². The highest BCUT2D eigenvalue weighted by molar-refractivity contribution is 6.64. The standard InChI is InChI=1S/C2H5BF2.C2H3F3Si.C2H4Si/c1-2-3(4)5;1-2-6(3,4)5;1-2-3/h2H2,1H3;2H,1H2;1H,3H3. The van der Waals surface area contributed by atoms with E-state index in [0.29, 0.717) is 0 Å². The van der Waals surface area contributed by atoms with Gasteiger partial charge in [0.15, 0.2) is 0 Å². The van der Waals surface area contributed by atoms with E-state index < -0.39 is 16.3 Å². The van der Waals surface area contributed by atoms with Gasteiger partial charge >= 0.3 is 16.3 Å². The van der Waals surface area contributed by atoms with Gasteiger partial charge < -0.3 is 0 Å². The average Bonchev–Trinajstić information content (AvgIpc) is 2.06. The molecule has 0 amide bonds. The molecule has 0 nitrogen and oxygen atoms in total. The van der Waals surface area contributed by atoms with Gasteiger partial charge in [0.05, 0.1) is 10.2 Å². The summed E-state index contributed by atoms with van der Waals surface area (Å²) in [5.41, 5.74) is 2.47. The van der Waals surface area contributed by atoms with Crippen molar-refractivity contribution >= 4 is 26.6 Å². The van der Waals surface area contributed by atoms with E-state index in [0.717, 1.165) is 10.2 Å². The van der Waals surface area contributed by atoms with Crippen molar-refractivity contribution in [3.8, 4) is 12.0 Å². The SMILES string of the molecule is C#C[SiH3].C=C[Si](F)(F)F.CCB(F)F. The van der Waals surface area contributed by atoms with Gasteiger partial charge in [-0.1, -0.05) is 13.5 Å². The van der Waals surface area contributed by atoms with Crippen LogP contribution in [0.25, 0.3) is 0 Å². The number of terminal acetylenes is 1. The fourth-order valence-corrected chi connectivity index (χ4v) is 0. The Morgan fingerprint density at radius 2 is 1.64 bits per heavy atom. The van der Waals surface area contributed by atoms with Crippen molar-refractivity contribution in [1.82, 2.24) is 0 Å². The first kappa shape index (κ1) is 19.1. The van der Waals surface area contributed by atoms with Crippen LogP contribution in [0, 0.1) is 12.0 Å². The first-order valence-electron chi connectivity index (χ1n) is 3.60. The quantitative estimate of drug-likeness (QED) is 0.302. The van der Waals surface area contributed by atoms with Crippen molar-refractivity contribution in [2.45, 2.75) is 13.2 Å². The highest BCUT2D eigenvalue weighted by Crippen LogP contribution is 2.06. The van der Waals surface area contributed by atoms with Crippen LogP contribution in [0.2, 0.25) is 6.32 Å². The van der Waals surface area contributed by atoms with Crippen LogP contribution in [0.1, 0.15) is 6.92 Å². The molecule has 0 fully saturated rings. The molecule has 0 aromatic heterocycles. The Hall–Kier alpha value is -0.551. The van der Waals surface area contributed by atoms with Crippen molar-refractivity contribution in [3.63, 3.8) is 0 Å². The molecule has 0 saturated carbocycles. The van der Waals surface area contributed by atoms with Gasteiger partial charge in [0.1, 0.15) is 0 Å². The third-order valence-electron chi connectivity index (χ3n) is 0.540. The fraction of sp³-hybridized carbons (Fsp3) is 0.333. The number of hydrogen-bond donors (Lipinski definition) is 0. The van der Waals surface area contributed by atoms with E-state index in [2.05, 4.69) is 18.5 Å². The maximum absolute atomic E-state index is 10.8. The molecular formula is C6H12BF5Si2. The first-order chi connectivity index (χ1) is 6.24. The molecule has 0 bridgehead atoms. The van der Waals surface area contributed by atoms with Crippen molar-refractivity contribution in [2.75, 3.05) is 0 Å². The molecule has 0 N–H and O–H groups in total. The maximum Gasteiger partial charge on any atom is 0.644 e. The Morgan fingerprint density at radius 1 is 1.50 bits per heavy atom. The molecule has 0 aromatic rings. The zero-order valence-electron chi connectivity index (χ0n) is 8.04. The van der Waals surface area contributed by atoms with E-state index >= 15 is 0 Å². The van der Waals surface area contributed by atoms with E-state index in [1.165, 1.54) is 6.92 Å². The van der Waals surface area contributed by atoms with Crippen LogP contribution in [0.3, 0.4) is 0 Å². The second-order valence-electron chi connectivity index (χ2n) is 1.83. The Balaban J connectivity index is -0.000000138. The molecule has 0 spiro atoms. The van der Waals surface area contributed by atoms with Crippen LogP contribution in [0.5, 0.6) is 0 Å². The summed E-state index contributed by atoms with van der Waals surface area (Å²) in [7, 11) is -6.59. The zero-order chi connectivity index (χ0) is 12.2. The lowest BCUT2D eigenvalue weighted by Gasteiger charge is -1.85. The van der Waals surface area contributed by atoms with Crippen LogP contribution in [0.15, 0.2) is 12.3 Å². The molecule has 0 rings (SSSR count). The molecule has 82 valence electrons. The molecule has 0 heterocycles. The summed E-state index contributed by atoms with van der Waals surface area (Å²) >= 11 is 0. The van der Waals surface area contributed by atoms with E-state index in [1.807, 2.05) is 0 Å². The summed E-state index contributed by atoms with van der Waals surface area (Å²) in [5.74, 6) is 0. The topological polar surface area (TPSA) is 0 Å². The van der Waals surface area contributed by atoms with Crippen molar-refractivity contribution < 1.29 is 21.0 Å². The fourth-order valence-electron chi connectivity index (χ4n) is 0. The van der Waals surface area contributed by atoms with Gasteiger partial charge in [0, 0.05) is 0 Å². The summed E-state index contributed by atoms with van der Waals surface area (Å²) in [5, 5.41) is 0. The predicted octanol–water partition coefficient (Wildman–Crippen LogP) is 1.93. The van der Waals surface area contributed by atoms with Crippen LogP contribution in [0.4, 0.5) is 21.0 Å². The molecule has 0 aliphatic heterocycles. The molecule has 0 atom stereocenters. The Kier molecular flexibility index (Phi) is 17.0. The summed E-state index contributed by atoms with van der Waals surface area (Å²) in [4.78, 5) is 0. The lowest BCUT2D eigenvalue weighted by Crippen LogP contribution is -2.08. The Labute approximate surface area is 85.7 Å². The normalized spacial score (nSPS) is 8.36. The Morgan fingerprint density at radius 3 is 1.64 bits per heavy atom. The minimum Gasteiger partial charge on any atom is -0.287 e. The molecule has 0 aliphatic rings. The molecular weight excluding hydrogens is 234 g/mol. The van der Waals surface area contributed by atoms with Gasteiger partial charge in [-0.05, 0) is 12.0 Å². The number of hydrogen-bond acceptors (Lipinski definition) is 0. The van der Waals surface area contributed by atoms with Gasteiger partial charge in [-0.3, -0.25) is 8.63 Å². The molecule has 0 aliphatic carbocycles. The highest BCUT2D eigenvalue weighted by atomic mass is 28.5. The highest BCUT2D eigenvalue weighted by Gasteiger charge is 2.30. The van der Waals surface area contributed by atoms with E-state index in [9.17, 15) is 21.0 Å². The summed E-state index contributed by atoms with van der Waals surface area (Å²) in [6.45, 7) is 4.02. The van der Waals surface area contributed by atoms with Gasteiger partial charge in [-0.15, -0.1) is 12.0 Å².